The Labute approximate surface area is 354 Å². The molecule has 5 amide bonds. The summed E-state index contributed by atoms with van der Waals surface area (Å²) in [5.74, 6) is -0.828. The molecule has 2 aromatic rings. The molecule has 15 nitrogen and oxygen atoms in total. The van der Waals surface area contributed by atoms with Gasteiger partial charge in [0.1, 0.15) is 31.0 Å². The van der Waals surface area contributed by atoms with Crippen LogP contribution in [0.3, 0.4) is 0 Å². The first-order valence-electron chi connectivity index (χ1n) is 20.9. The molecule has 2 heterocycles. The maximum Gasteiger partial charge on any atom is 0.416 e. The number of fused-ring (bicyclic) bond motifs is 2. The van der Waals surface area contributed by atoms with E-state index >= 15 is 0 Å². The number of amides is 5. The molecule has 2 fully saturated rings. The number of benzene rings is 2. The smallest absolute Gasteiger partial charge is 0.416 e. The number of nitrogens with one attached hydrogen (secondary N) is 3. The summed E-state index contributed by atoms with van der Waals surface area (Å²) >= 11 is 0. The number of rotatable bonds is 16. The average molecular weight is 850 g/mol. The van der Waals surface area contributed by atoms with Crippen LogP contribution >= 0.6 is 0 Å². The zero-order chi connectivity index (χ0) is 44.3. The Morgan fingerprint density at radius 1 is 0.917 bits per heavy atom. The molecule has 1 saturated carbocycles. The topological polar surface area (TPSA) is 185 Å². The lowest BCUT2D eigenvalue weighted by Gasteiger charge is -2.42. The van der Waals surface area contributed by atoms with Crippen LogP contribution in [0.25, 0.3) is 0 Å². The molecule has 60 heavy (non-hydrogen) atoms. The van der Waals surface area contributed by atoms with Crippen molar-refractivity contribution in [2.45, 2.75) is 129 Å². The highest BCUT2D eigenvalue weighted by Crippen LogP contribution is 2.57. The van der Waals surface area contributed by atoms with Crippen LogP contribution in [-0.4, -0.2) is 92.8 Å². The maximum atomic E-state index is 14.3. The third-order valence-corrected chi connectivity index (χ3v) is 18.2. The fourth-order valence-corrected chi connectivity index (χ4v) is 14.1. The Kier molecular flexibility index (Phi) is 14.3. The first-order chi connectivity index (χ1) is 28.3. The molecular formula is C44H63N5O10Si. The van der Waals surface area contributed by atoms with Crippen LogP contribution in [0, 0.1) is 11.3 Å². The van der Waals surface area contributed by atoms with Gasteiger partial charge in [0.15, 0.2) is 12.0 Å². The molecule has 0 aromatic heterocycles. The van der Waals surface area contributed by atoms with Crippen molar-refractivity contribution in [2.24, 2.45) is 11.3 Å². The van der Waals surface area contributed by atoms with Crippen LogP contribution in [0.15, 0.2) is 49.1 Å². The van der Waals surface area contributed by atoms with E-state index in [4.69, 9.17) is 18.6 Å². The number of carbonyl (C=O) groups excluding carboxylic acids is 5. The van der Waals surface area contributed by atoms with Crippen molar-refractivity contribution in [3.8, 4) is 11.5 Å². The molecule has 1 saturated heterocycles. The van der Waals surface area contributed by atoms with Gasteiger partial charge in [0, 0.05) is 18.3 Å². The quantitative estimate of drug-likeness (QED) is 0.100. The van der Waals surface area contributed by atoms with E-state index in [-0.39, 0.29) is 58.3 Å². The van der Waals surface area contributed by atoms with Crippen LogP contribution in [0.2, 0.25) is 16.6 Å². The fourth-order valence-electron chi connectivity index (χ4n) is 8.86. The Morgan fingerprint density at radius 2 is 1.55 bits per heavy atom. The molecular weight excluding hydrogens is 787 g/mol. The van der Waals surface area contributed by atoms with E-state index in [2.05, 4.69) is 64.1 Å². The highest BCUT2D eigenvalue weighted by molar-refractivity contribution is 6.78. The lowest BCUT2D eigenvalue weighted by molar-refractivity contribution is -0.128. The number of aliphatic hydroxyl groups is 1. The van der Waals surface area contributed by atoms with Crippen LogP contribution in [0.5, 0.6) is 11.5 Å². The van der Waals surface area contributed by atoms with E-state index in [1.165, 1.54) is 25.0 Å². The van der Waals surface area contributed by atoms with E-state index in [0.717, 1.165) is 12.8 Å². The van der Waals surface area contributed by atoms with Gasteiger partial charge in [-0.05, 0) is 77.9 Å². The Bertz CT molecular complexity index is 1910. The van der Waals surface area contributed by atoms with Crippen LogP contribution in [0.1, 0.15) is 97.5 Å². The number of ether oxygens (including phenoxy) is 3. The van der Waals surface area contributed by atoms with Gasteiger partial charge < -0.3 is 44.6 Å². The van der Waals surface area contributed by atoms with Crippen molar-refractivity contribution in [1.82, 2.24) is 15.5 Å². The monoisotopic (exact) mass is 849 g/mol. The molecule has 2 aliphatic heterocycles. The van der Waals surface area contributed by atoms with Crippen molar-refractivity contribution < 1.29 is 47.7 Å². The van der Waals surface area contributed by atoms with E-state index in [1.54, 1.807) is 55.1 Å². The highest BCUT2D eigenvalue weighted by Gasteiger charge is 2.58. The molecule has 4 N–H and O–H groups in total. The molecule has 5 rings (SSSR count). The predicted octanol–water partition coefficient (Wildman–Crippen LogP) is 7.10. The Balaban J connectivity index is 1.33. The molecule has 16 heteroatoms. The average Bonchev–Trinajstić information content (AvgIpc) is 3.86. The van der Waals surface area contributed by atoms with E-state index in [0.29, 0.717) is 35.7 Å². The first-order valence-corrected chi connectivity index (χ1v) is 23.0. The first kappa shape index (κ1) is 46.0. The normalized spacial score (nSPS) is 19.0. The summed E-state index contributed by atoms with van der Waals surface area (Å²) in [5.41, 5.74) is 2.05. The fraction of sp³-hybridized carbons (Fsp3) is 0.568. The van der Waals surface area contributed by atoms with E-state index < -0.39 is 56.7 Å². The lowest BCUT2D eigenvalue weighted by atomic mass is 10.0. The molecule has 4 atom stereocenters. The van der Waals surface area contributed by atoms with Gasteiger partial charge in [-0.15, -0.1) is 0 Å². The maximum absolute atomic E-state index is 14.3. The minimum atomic E-state index is -2.53. The second-order valence-electron chi connectivity index (χ2n) is 17.7. The number of anilines is 2. The third-order valence-electron chi connectivity index (χ3n) is 12.2. The van der Waals surface area contributed by atoms with Gasteiger partial charge in [0.25, 0.3) is 14.2 Å². The van der Waals surface area contributed by atoms with Gasteiger partial charge in [-0.3, -0.25) is 14.4 Å². The van der Waals surface area contributed by atoms with E-state index in [9.17, 15) is 29.1 Å². The van der Waals surface area contributed by atoms with Gasteiger partial charge in [0.05, 0.1) is 24.4 Å². The van der Waals surface area contributed by atoms with Crippen molar-refractivity contribution in [2.75, 3.05) is 30.5 Å². The number of methoxy groups -OCH3 is 1. The number of aliphatic hydroxyl groups excluding tert-OH is 1. The van der Waals surface area contributed by atoms with Crippen LogP contribution in [0.4, 0.5) is 21.0 Å². The van der Waals surface area contributed by atoms with Gasteiger partial charge in [0.2, 0.25) is 11.8 Å². The molecule has 2 aromatic carbocycles. The van der Waals surface area contributed by atoms with Crippen molar-refractivity contribution >= 4 is 49.6 Å². The third kappa shape index (κ3) is 9.59. The highest BCUT2D eigenvalue weighted by atomic mass is 28.4. The summed E-state index contributed by atoms with van der Waals surface area (Å²) in [6.45, 7) is 21.8. The predicted molar refractivity (Wildman–Crippen MR) is 230 cm³/mol. The Hall–Kier alpha value is -5.09. The van der Waals surface area contributed by atoms with E-state index in [1.807, 2.05) is 0 Å². The lowest BCUT2D eigenvalue weighted by Crippen LogP contribution is -2.53. The largest absolute Gasteiger partial charge is 0.540 e. The molecule has 3 aliphatic rings. The zero-order valence-electron chi connectivity index (χ0n) is 36.6. The number of carbonyl (C=O) groups is 5. The van der Waals surface area contributed by atoms with Gasteiger partial charge in [-0.25, -0.2) is 14.5 Å². The minimum absolute atomic E-state index is 0.0134. The second kappa shape index (κ2) is 18.7. The molecule has 0 radical (unpaired) electrons. The summed E-state index contributed by atoms with van der Waals surface area (Å²) in [6.07, 6.45) is 0.886. The molecule has 0 bridgehead atoms. The molecule has 1 spiro atoms. The standard InChI is InChI=1S/C44H63N5O10Si/c1-12-19-57-42(54)47-37(25(2)3)39(51)45-29(10)38(50)46-31-15-13-30(14-16-31)23-58-43(55)49-33-21-36(59-60(26(4)5,27(6)7)28(8)9)35(56-11)20-32(33)40(52)48-24-44(17-18-44)22-34(48)41(49)53/h12-16,20-21,25-29,34,37,41,53H,1,17-19,22-24H2,2-11H3,(H,45,51)(H,46,50)(H,47,54)/t29-,34-,37-,41-/m0/s1. The summed E-state index contributed by atoms with van der Waals surface area (Å²) in [6, 6.07) is 7.38. The van der Waals surface area contributed by atoms with Crippen molar-refractivity contribution in [1.29, 1.82) is 0 Å². The number of nitrogens with zero attached hydrogens (tertiary/aromatic N) is 2. The van der Waals surface area contributed by atoms with Gasteiger partial charge >= 0.3 is 12.2 Å². The molecule has 328 valence electrons. The van der Waals surface area contributed by atoms with Crippen molar-refractivity contribution in [3.63, 3.8) is 0 Å². The number of hydrogen-bond acceptors (Lipinski definition) is 10. The SMILES string of the molecule is C=CCOC(=O)N[C@H](C(=O)N[C@@H](C)C(=O)Nc1ccc(COC(=O)N2c3cc(O[Si](C(C)C)(C(C)C)C(C)C)c(OC)cc3C(=O)N3CC4(CC4)C[C@H]3[C@@H]2O)cc1)C(C)C. The summed E-state index contributed by atoms with van der Waals surface area (Å²) < 4.78 is 23.7. The summed E-state index contributed by atoms with van der Waals surface area (Å²) in [5, 5.41) is 20.0. The molecule has 0 unspecified atom stereocenters. The Morgan fingerprint density at radius 3 is 2.10 bits per heavy atom. The second-order valence-corrected chi connectivity index (χ2v) is 23.0. The van der Waals surface area contributed by atoms with Crippen molar-refractivity contribution in [3.05, 3.63) is 60.2 Å². The summed E-state index contributed by atoms with van der Waals surface area (Å²) in [4.78, 5) is 69.5. The number of hydrogen-bond donors (Lipinski definition) is 4. The van der Waals surface area contributed by atoms with Gasteiger partial charge in [-0.1, -0.05) is 80.2 Å². The molecule has 1 aliphatic carbocycles. The van der Waals surface area contributed by atoms with Crippen LogP contribution in [-0.2, 0) is 25.7 Å². The summed E-state index contributed by atoms with van der Waals surface area (Å²) in [7, 11) is -1.01. The zero-order valence-corrected chi connectivity index (χ0v) is 37.6. The number of alkyl carbamates (subject to hydrolysis) is 1. The van der Waals surface area contributed by atoms with Gasteiger partial charge in [-0.2, -0.15) is 0 Å². The van der Waals surface area contributed by atoms with Crippen LogP contribution < -0.4 is 30.0 Å². The minimum Gasteiger partial charge on any atom is -0.540 e.